The largest absolute Gasteiger partial charge is 0.388 e. The summed E-state index contributed by atoms with van der Waals surface area (Å²) in [5, 5.41) is 11.0. The third-order valence-electron chi connectivity index (χ3n) is 12.7. The predicted molar refractivity (Wildman–Crippen MR) is 131 cm³/mol. The minimum atomic E-state index is -0.885. The Balaban J connectivity index is 1.31. The molecule has 4 saturated heterocycles. The molecule has 2 spiro atoms. The van der Waals surface area contributed by atoms with Crippen LogP contribution in [0.25, 0.3) is 0 Å². The fourth-order valence-corrected chi connectivity index (χ4v) is 11.3. The number of ether oxygens (including phenoxy) is 3. The highest BCUT2D eigenvalue weighted by Gasteiger charge is 2.76. The van der Waals surface area contributed by atoms with Crippen molar-refractivity contribution in [1.29, 1.82) is 0 Å². The molecule has 4 nitrogen and oxygen atoms in total. The predicted octanol–water partition coefficient (Wildman–Crippen LogP) is 6.16. The van der Waals surface area contributed by atoms with Crippen LogP contribution in [0.2, 0.25) is 0 Å². The van der Waals surface area contributed by atoms with Crippen molar-refractivity contribution in [3.63, 3.8) is 0 Å². The molecule has 7 aliphatic rings. The van der Waals surface area contributed by atoms with Crippen LogP contribution in [0.4, 0.5) is 0 Å². The molecular weight excluding hydrogens is 424 g/mol. The number of allylic oxidation sites excluding steroid dienone is 1. The molecule has 7 rings (SSSR count). The summed E-state index contributed by atoms with van der Waals surface area (Å²) in [4.78, 5) is 0. The third kappa shape index (κ3) is 2.46. The molecule has 0 amide bonds. The fourth-order valence-electron chi connectivity index (χ4n) is 11.3. The molecule has 34 heavy (non-hydrogen) atoms. The molecule has 1 N–H and O–H groups in total. The van der Waals surface area contributed by atoms with Gasteiger partial charge in [-0.3, -0.25) is 0 Å². The van der Waals surface area contributed by atoms with Gasteiger partial charge < -0.3 is 19.3 Å². The van der Waals surface area contributed by atoms with E-state index in [-0.39, 0.29) is 28.6 Å². The Morgan fingerprint density at radius 3 is 2.47 bits per heavy atom. The molecule has 4 bridgehead atoms. The Hall–Kier alpha value is -0.420. The van der Waals surface area contributed by atoms with E-state index in [0.29, 0.717) is 29.3 Å². The number of aliphatic hydroxyl groups is 1. The highest BCUT2D eigenvalue weighted by Crippen LogP contribution is 2.76. The molecule has 190 valence electrons. The fraction of sp³-hybridized carbons (Fsp3) is 0.933. The molecule has 0 aromatic heterocycles. The summed E-state index contributed by atoms with van der Waals surface area (Å²) >= 11 is 0. The zero-order valence-electron chi connectivity index (χ0n) is 22.5. The van der Waals surface area contributed by atoms with Gasteiger partial charge in [0.15, 0.2) is 5.79 Å². The molecular formula is C30H46O4. The standard InChI is InChI=1S/C30H46O4/c1-17-14-20-24(26(4,5)31)34-30(32-20)16-28(7)19-8-9-21-25(2,3)22-11-13-29(21,33-22)15-18(19)10-12-27(28,6)23(17)30/h17,20-24,31H,8-16H2,1-7H3. The maximum absolute atomic E-state index is 11.0. The molecule has 0 radical (unpaired) electrons. The molecule has 3 aliphatic carbocycles. The van der Waals surface area contributed by atoms with Crippen LogP contribution in [-0.2, 0) is 14.2 Å². The van der Waals surface area contributed by atoms with Crippen molar-refractivity contribution >= 4 is 0 Å². The topological polar surface area (TPSA) is 47.9 Å². The second-order valence-corrected chi connectivity index (χ2v) is 15.2. The van der Waals surface area contributed by atoms with Crippen LogP contribution in [0.15, 0.2) is 11.1 Å². The van der Waals surface area contributed by atoms with Gasteiger partial charge in [-0.15, -0.1) is 0 Å². The lowest BCUT2D eigenvalue weighted by molar-refractivity contribution is -0.245. The number of hydrogen-bond acceptors (Lipinski definition) is 4. The first-order chi connectivity index (χ1) is 15.8. The van der Waals surface area contributed by atoms with Gasteiger partial charge in [0.05, 0.1) is 23.4 Å². The summed E-state index contributed by atoms with van der Waals surface area (Å²) in [5.74, 6) is 1.05. The average Bonchev–Trinajstić information content (AvgIpc) is 3.33. The second-order valence-electron chi connectivity index (χ2n) is 15.2. The Bertz CT molecular complexity index is 961. The van der Waals surface area contributed by atoms with E-state index in [9.17, 15) is 5.11 Å². The van der Waals surface area contributed by atoms with E-state index in [0.717, 1.165) is 19.3 Å². The van der Waals surface area contributed by atoms with Crippen LogP contribution in [-0.4, -0.2) is 40.4 Å². The molecule has 10 unspecified atom stereocenters. The Labute approximate surface area is 206 Å². The van der Waals surface area contributed by atoms with E-state index in [4.69, 9.17) is 14.2 Å². The number of hydrogen-bond donors (Lipinski definition) is 1. The average molecular weight is 471 g/mol. The molecule has 0 aromatic carbocycles. The van der Waals surface area contributed by atoms with E-state index < -0.39 is 11.4 Å². The van der Waals surface area contributed by atoms with Gasteiger partial charge in [0.25, 0.3) is 0 Å². The maximum Gasteiger partial charge on any atom is 0.173 e. The summed E-state index contributed by atoms with van der Waals surface area (Å²) in [6, 6.07) is 0. The summed E-state index contributed by atoms with van der Waals surface area (Å²) in [7, 11) is 0. The van der Waals surface area contributed by atoms with Crippen molar-refractivity contribution in [2.45, 2.75) is 142 Å². The normalized spacial score (nSPS) is 57.2. The molecule has 0 aromatic rings. The monoisotopic (exact) mass is 470 g/mol. The summed E-state index contributed by atoms with van der Waals surface area (Å²) in [6.45, 7) is 16.3. The van der Waals surface area contributed by atoms with Gasteiger partial charge in [0, 0.05) is 12.3 Å². The number of rotatable bonds is 1. The quantitative estimate of drug-likeness (QED) is 0.466. The van der Waals surface area contributed by atoms with Crippen LogP contribution in [0.1, 0.15) is 106 Å². The lowest BCUT2D eigenvalue weighted by Crippen LogP contribution is -2.49. The smallest absolute Gasteiger partial charge is 0.173 e. The summed E-state index contributed by atoms with van der Waals surface area (Å²) in [5.41, 5.74) is 3.19. The molecule has 5 fully saturated rings. The van der Waals surface area contributed by atoms with Crippen LogP contribution in [0.5, 0.6) is 0 Å². The highest BCUT2D eigenvalue weighted by molar-refractivity contribution is 5.38. The Morgan fingerprint density at radius 1 is 0.971 bits per heavy atom. The van der Waals surface area contributed by atoms with Gasteiger partial charge in [0.2, 0.25) is 0 Å². The second kappa shape index (κ2) is 6.34. The first-order valence-electron chi connectivity index (χ1n) is 14.2. The summed E-state index contributed by atoms with van der Waals surface area (Å²) < 4.78 is 20.7. The zero-order chi connectivity index (χ0) is 24.1. The first-order valence-corrected chi connectivity index (χ1v) is 14.2. The van der Waals surface area contributed by atoms with E-state index in [1.807, 2.05) is 13.8 Å². The van der Waals surface area contributed by atoms with Crippen molar-refractivity contribution in [1.82, 2.24) is 0 Å². The third-order valence-corrected chi connectivity index (χ3v) is 12.7. The molecule has 4 heteroatoms. The van der Waals surface area contributed by atoms with E-state index >= 15 is 0 Å². The van der Waals surface area contributed by atoms with Gasteiger partial charge in [-0.05, 0) is 93.3 Å². The van der Waals surface area contributed by atoms with Gasteiger partial charge in [-0.1, -0.05) is 45.8 Å². The lowest BCUT2D eigenvalue weighted by atomic mass is 9.52. The van der Waals surface area contributed by atoms with Gasteiger partial charge in [-0.2, -0.15) is 0 Å². The van der Waals surface area contributed by atoms with Crippen LogP contribution in [0.3, 0.4) is 0 Å². The van der Waals surface area contributed by atoms with Gasteiger partial charge in [-0.25, -0.2) is 0 Å². The minimum absolute atomic E-state index is 0.00375. The zero-order valence-corrected chi connectivity index (χ0v) is 22.5. The Morgan fingerprint density at radius 2 is 1.74 bits per heavy atom. The van der Waals surface area contributed by atoms with Gasteiger partial charge >= 0.3 is 0 Å². The SMILES string of the molecule is CC1CC2OC3(CC4(C)C5=C(CCC4(C)C13)CC13CCC(O1)C(C)(C)C3CC5)OC2C(C)(C)O. The van der Waals surface area contributed by atoms with Crippen LogP contribution in [0, 0.1) is 34.0 Å². The van der Waals surface area contributed by atoms with Gasteiger partial charge in [0.1, 0.15) is 6.10 Å². The van der Waals surface area contributed by atoms with E-state index in [1.165, 1.54) is 38.5 Å². The van der Waals surface area contributed by atoms with Crippen molar-refractivity contribution in [3.8, 4) is 0 Å². The van der Waals surface area contributed by atoms with E-state index in [1.54, 1.807) is 11.1 Å². The molecule has 10 atom stereocenters. The highest BCUT2D eigenvalue weighted by atomic mass is 16.8. The molecule has 4 heterocycles. The van der Waals surface area contributed by atoms with E-state index in [2.05, 4.69) is 34.6 Å². The first kappa shape index (κ1) is 22.8. The van der Waals surface area contributed by atoms with Crippen molar-refractivity contribution in [3.05, 3.63) is 11.1 Å². The summed E-state index contributed by atoms with van der Waals surface area (Å²) in [6.07, 6.45) is 10.7. The molecule has 1 saturated carbocycles. The minimum Gasteiger partial charge on any atom is -0.388 e. The molecule has 4 aliphatic heterocycles. The van der Waals surface area contributed by atoms with Crippen molar-refractivity contribution in [2.24, 2.45) is 34.0 Å². The van der Waals surface area contributed by atoms with Crippen molar-refractivity contribution in [2.75, 3.05) is 0 Å². The Kier molecular flexibility index (Phi) is 4.24. The maximum atomic E-state index is 11.0. The lowest BCUT2D eigenvalue weighted by Gasteiger charge is -2.52. The van der Waals surface area contributed by atoms with Crippen LogP contribution >= 0.6 is 0 Å². The van der Waals surface area contributed by atoms with Crippen LogP contribution < -0.4 is 0 Å². The van der Waals surface area contributed by atoms with Crippen molar-refractivity contribution < 1.29 is 19.3 Å². The number of fused-ring (bicyclic) bond motifs is 5.